The molecule has 3 N–H and O–H groups in total. The third-order valence-corrected chi connectivity index (χ3v) is 12.0. The Balaban J connectivity index is 1.59. The second-order valence-electron chi connectivity index (χ2n) is 14.3. The van der Waals surface area contributed by atoms with Crippen LogP contribution in [0.3, 0.4) is 0 Å². The van der Waals surface area contributed by atoms with Crippen LogP contribution in [0.1, 0.15) is 49.5 Å². The van der Waals surface area contributed by atoms with Gasteiger partial charge in [0, 0.05) is 61.2 Å². The standard InChI is InChI=1S/C43H50N2O11S2/c1-31-38(56-39-29-33(44(24-26-54-3)25-27-55-4)18-20-35(39)42(31)32-13-7-5-8-14-32)15-9-6-10-16-40-43(2,22-11-17-41(46)47)36-30-34(58(51,52)53)19-21-37(36)45(40)23-12-28-57(48,49)50/h5-10,13-16,18-21,29-30H,11-12,17,22-28H2,1-4H3,(H2-,46,47,48,49,50,51,52,53)/p+1. The summed E-state index contributed by atoms with van der Waals surface area (Å²) in [4.78, 5) is 13.0. The number of hydrogen-bond acceptors (Lipinski definition) is 9. The molecule has 3 aliphatic rings. The van der Waals surface area contributed by atoms with Crippen molar-refractivity contribution in [3.8, 4) is 22.5 Å². The van der Waals surface area contributed by atoms with Crippen molar-refractivity contribution in [3.63, 3.8) is 0 Å². The van der Waals surface area contributed by atoms with E-state index in [2.05, 4.69) is 28.8 Å². The van der Waals surface area contributed by atoms with Crippen LogP contribution in [0.2, 0.25) is 0 Å². The van der Waals surface area contributed by atoms with Crippen molar-refractivity contribution in [1.82, 2.24) is 4.58 Å². The van der Waals surface area contributed by atoms with Crippen LogP contribution in [0, 0.1) is 6.92 Å². The number of anilines is 1. The van der Waals surface area contributed by atoms with Crippen LogP contribution in [-0.2, 0) is 39.9 Å². The summed E-state index contributed by atoms with van der Waals surface area (Å²) in [6.07, 6.45) is 9.61. The average Bonchev–Trinajstić information content (AvgIpc) is 3.40. The highest BCUT2D eigenvalue weighted by Gasteiger charge is 2.43. The Bertz CT molecular complexity index is 2440. The highest BCUT2D eigenvalue weighted by atomic mass is 32.2. The van der Waals surface area contributed by atoms with Gasteiger partial charge in [-0.25, -0.2) is 4.58 Å². The number of carbonyl (C=O) groups is 1. The number of nitrogens with zero attached hydrogens (tertiary/aromatic N) is 2. The monoisotopic (exact) mass is 835 g/mol. The summed E-state index contributed by atoms with van der Waals surface area (Å²) in [5, 5.41) is 10.4. The number of rotatable bonds is 19. The van der Waals surface area contributed by atoms with Crippen molar-refractivity contribution in [1.29, 1.82) is 0 Å². The Labute approximate surface area is 340 Å². The molecule has 0 fully saturated rings. The maximum Gasteiger partial charge on any atom is 0.303 e. The van der Waals surface area contributed by atoms with Crippen molar-refractivity contribution in [2.75, 3.05) is 57.7 Å². The largest absolute Gasteiger partial charge is 0.481 e. The average molecular weight is 836 g/mol. The molecule has 1 unspecified atom stereocenters. The van der Waals surface area contributed by atoms with Gasteiger partial charge in [0.15, 0.2) is 13.1 Å². The van der Waals surface area contributed by atoms with Crippen LogP contribution in [0.25, 0.3) is 28.5 Å². The molecule has 0 amide bonds. The third-order valence-electron chi connectivity index (χ3n) is 10.3. The number of ether oxygens (including phenoxy) is 2. The molecule has 1 aliphatic carbocycles. The van der Waals surface area contributed by atoms with Gasteiger partial charge in [-0.3, -0.25) is 13.9 Å². The number of allylic oxidation sites excluding steroid dienone is 5. The molecule has 58 heavy (non-hydrogen) atoms. The lowest BCUT2D eigenvalue weighted by Crippen LogP contribution is -2.35. The van der Waals surface area contributed by atoms with Crippen LogP contribution in [0.15, 0.2) is 106 Å². The minimum absolute atomic E-state index is 0.0508. The molecule has 15 heteroatoms. The molecule has 0 saturated heterocycles. The van der Waals surface area contributed by atoms with Gasteiger partial charge in [0.1, 0.15) is 24.7 Å². The summed E-state index contributed by atoms with van der Waals surface area (Å²) in [6, 6.07) is 20.4. The molecule has 0 radical (unpaired) electrons. The van der Waals surface area contributed by atoms with E-state index in [0.717, 1.165) is 27.6 Å². The maximum absolute atomic E-state index is 12.2. The lowest BCUT2D eigenvalue weighted by atomic mass is 9.77. The fourth-order valence-corrected chi connectivity index (χ4v) is 8.48. The number of hydrogen-bond donors (Lipinski definition) is 3. The molecule has 2 aliphatic heterocycles. The van der Waals surface area contributed by atoms with Gasteiger partial charge in [-0.15, -0.1) is 0 Å². The van der Waals surface area contributed by atoms with Crippen molar-refractivity contribution < 1.29 is 49.7 Å². The number of carboxylic acids is 1. The van der Waals surface area contributed by atoms with Gasteiger partial charge in [0.05, 0.1) is 16.7 Å². The van der Waals surface area contributed by atoms with Gasteiger partial charge in [-0.1, -0.05) is 48.6 Å². The predicted molar refractivity (Wildman–Crippen MR) is 224 cm³/mol. The Hall–Kier alpha value is -4.90. The van der Waals surface area contributed by atoms with Crippen LogP contribution in [0.4, 0.5) is 5.69 Å². The van der Waals surface area contributed by atoms with Gasteiger partial charge in [-0.05, 0) is 86.2 Å². The SMILES string of the molecule is COCC[N+](CCOC)=c1ccc2c(-c3ccccc3)c(C)c(/C=C/C=C/C=C3/N(CCCS(=O)(=O)O)c4ccc(S(=O)(=O)O)cc4C3(C)CCCC(=O)O)oc-2c1. The summed E-state index contributed by atoms with van der Waals surface area (Å²) in [6.45, 7) is 6.44. The van der Waals surface area contributed by atoms with Crippen molar-refractivity contribution in [2.45, 2.75) is 49.8 Å². The van der Waals surface area contributed by atoms with Gasteiger partial charge in [-0.2, -0.15) is 16.8 Å². The van der Waals surface area contributed by atoms with Gasteiger partial charge >= 0.3 is 5.97 Å². The number of methoxy groups -OCH3 is 2. The van der Waals surface area contributed by atoms with Gasteiger partial charge < -0.3 is 23.9 Å². The van der Waals surface area contributed by atoms with E-state index in [1.165, 1.54) is 12.1 Å². The molecule has 2 aromatic rings. The molecule has 310 valence electrons. The first-order valence-corrected chi connectivity index (χ1v) is 21.9. The van der Waals surface area contributed by atoms with Gasteiger partial charge in [0.2, 0.25) is 5.36 Å². The third kappa shape index (κ3) is 10.8. The second kappa shape index (κ2) is 19.2. The van der Waals surface area contributed by atoms with Crippen LogP contribution in [-0.4, -0.2) is 89.8 Å². The van der Waals surface area contributed by atoms with E-state index in [4.69, 9.17) is 13.9 Å². The summed E-state index contributed by atoms with van der Waals surface area (Å²) < 4.78 is 86.5. The molecule has 2 aromatic carbocycles. The van der Waals surface area contributed by atoms with Crippen molar-refractivity contribution in [3.05, 3.63) is 119 Å². The van der Waals surface area contributed by atoms with Crippen molar-refractivity contribution in [2.24, 2.45) is 0 Å². The number of fused-ring (bicyclic) bond motifs is 2. The molecule has 1 atom stereocenters. The molecule has 5 rings (SSSR count). The molecule has 0 saturated carbocycles. The molecule has 2 heterocycles. The van der Waals surface area contributed by atoms with Crippen molar-refractivity contribution >= 4 is 38.0 Å². The summed E-state index contributed by atoms with van der Waals surface area (Å²) in [7, 11) is -5.50. The Kier molecular flexibility index (Phi) is 14.7. The highest BCUT2D eigenvalue weighted by Crippen LogP contribution is 2.51. The number of aliphatic carboxylic acids is 1. The van der Waals surface area contributed by atoms with E-state index in [1.54, 1.807) is 26.4 Å². The first kappa shape index (κ1) is 44.2. The molecule has 0 aromatic heterocycles. The fourth-order valence-electron chi connectivity index (χ4n) is 7.48. The highest BCUT2D eigenvalue weighted by molar-refractivity contribution is 7.86. The topological polar surface area (TPSA) is 184 Å². The number of benzene rings is 3. The van der Waals surface area contributed by atoms with E-state index in [9.17, 15) is 35.8 Å². The lowest BCUT2D eigenvalue weighted by molar-refractivity contribution is -0.137. The van der Waals surface area contributed by atoms with E-state index in [1.807, 2.05) is 67.3 Å². The minimum atomic E-state index is -4.57. The van der Waals surface area contributed by atoms with E-state index in [0.29, 0.717) is 61.2 Å². The van der Waals surface area contributed by atoms with Crippen LogP contribution in [0.5, 0.6) is 0 Å². The van der Waals surface area contributed by atoms with E-state index < -0.39 is 37.4 Å². The van der Waals surface area contributed by atoms with E-state index in [-0.39, 0.29) is 30.7 Å². The summed E-state index contributed by atoms with van der Waals surface area (Å²) in [5.41, 5.74) is 4.81. The lowest BCUT2D eigenvalue weighted by Gasteiger charge is -2.30. The van der Waals surface area contributed by atoms with Gasteiger partial charge in [0.25, 0.3) is 20.2 Å². The number of carboxylic acid groups (broad SMARTS) is 1. The van der Waals surface area contributed by atoms with E-state index >= 15 is 0 Å². The molecule has 0 bridgehead atoms. The Morgan fingerprint density at radius 1 is 0.914 bits per heavy atom. The summed E-state index contributed by atoms with van der Waals surface area (Å²) in [5.74, 6) is -0.150. The summed E-state index contributed by atoms with van der Waals surface area (Å²) >= 11 is 0. The zero-order valence-electron chi connectivity index (χ0n) is 33.1. The normalized spacial score (nSPS) is 16.6. The van der Waals surface area contributed by atoms with Crippen LogP contribution >= 0.6 is 0 Å². The molecule has 0 spiro atoms. The first-order valence-electron chi connectivity index (χ1n) is 18.9. The smallest absolute Gasteiger partial charge is 0.303 e. The Morgan fingerprint density at radius 3 is 2.26 bits per heavy atom. The first-order chi connectivity index (χ1) is 27.6. The maximum atomic E-state index is 12.2. The Morgan fingerprint density at radius 2 is 1.62 bits per heavy atom. The molecular weight excluding hydrogens is 785 g/mol. The quantitative estimate of drug-likeness (QED) is 0.0535. The zero-order valence-corrected chi connectivity index (χ0v) is 34.8. The minimum Gasteiger partial charge on any atom is -0.481 e. The molecule has 13 nitrogen and oxygen atoms in total. The predicted octanol–water partition coefficient (Wildman–Crippen LogP) is 6.44. The fraction of sp³-hybridized carbons (Fsp3) is 0.349. The molecular formula is C43H51N2O11S2+. The van der Waals surface area contributed by atoms with Crippen LogP contribution < -0.4 is 14.8 Å². The second-order valence-corrected chi connectivity index (χ2v) is 17.3. The zero-order chi connectivity index (χ0) is 42.1.